The number of benzene rings is 1. The van der Waals surface area contributed by atoms with Crippen molar-refractivity contribution in [2.75, 3.05) is 7.11 Å². The van der Waals surface area contributed by atoms with Crippen molar-refractivity contribution < 1.29 is 14.5 Å². The molecule has 3 rings (SSSR count). The molecule has 1 aliphatic heterocycles. The van der Waals surface area contributed by atoms with E-state index in [9.17, 15) is 5.26 Å². The van der Waals surface area contributed by atoms with Gasteiger partial charge in [-0.15, -0.1) is 0 Å². The molecule has 1 atom stereocenters. The number of hydrogen-bond donors (Lipinski definition) is 2. The number of ether oxygens (including phenoxy) is 2. The molecule has 22 heavy (non-hydrogen) atoms. The standard InChI is InChI=1S/C15H13BrN4O2/c1-7-19-13-12(9-5-8(21-2)3-4-11(9)16)10(6-17)14(18)22-15(13)20-7/h3-5,12H,18H2,1-2H3,(H,19,20)/p+1. The Labute approximate surface area is 135 Å². The molecule has 1 aromatic carbocycles. The van der Waals surface area contributed by atoms with Gasteiger partial charge in [0, 0.05) is 11.4 Å². The van der Waals surface area contributed by atoms with Crippen molar-refractivity contribution in [3.8, 4) is 17.7 Å². The normalized spacial score (nSPS) is 16.7. The predicted molar refractivity (Wildman–Crippen MR) is 82.1 cm³/mol. The maximum Gasteiger partial charge on any atom is 0.333 e. The number of aromatic amines is 2. The third-order valence-electron chi connectivity index (χ3n) is 3.56. The number of nitrogens with one attached hydrogen (secondary N) is 2. The fraction of sp³-hybridized carbons (Fsp3) is 0.200. The Hall–Kier alpha value is -2.46. The Kier molecular flexibility index (Phi) is 3.54. The van der Waals surface area contributed by atoms with Crippen LogP contribution in [-0.2, 0) is 0 Å². The SMILES string of the molecule is COc1ccc(Br)c(C2C(C#N)=C(N)Oc3[nH+]c(C)[nH]c32)c1. The van der Waals surface area contributed by atoms with E-state index in [0.717, 1.165) is 21.6 Å². The number of imidazole rings is 1. The van der Waals surface area contributed by atoms with Crippen LogP contribution >= 0.6 is 15.9 Å². The molecule has 0 spiro atoms. The van der Waals surface area contributed by atoms with Gasteiger partial charge in [0.15, 0.2) is 0 Å². The fourth-order valence-corrected chi connectivity index (χ4v) is 3.04. The second kappa shape index (κ2) is 5.39. The zero-order valence-corrected chi connectivity index (χ0v) is 13.6. The number of H-pyrrole nitrogens is 2. The summed E-state index contributed by atoms with van der Waals surface area (Å²) in [6.45, 7) is 1.88. The van der Waals surface area contributed by atoms with Gasteiger partial charge in [0.05, 0.1) is 13.0 Å². The third kappa shape index (κ3) is 2.22. The molecule has 2 aromatic rings. The Bertz CT molecular complexity index is 819. The minimum Gasteiger partial charge on any atom is -0.497 e. The molecule has 0 radical (unpaired) electrons. The van der Waals surface area contributed by atoms with Gasteiger partial charge in [-0.3, -0.25) is 0 Å². The van der Waals surface area contributed by atoms with Crippen molar-refractivity contribution >= 4 is 15.9 Å². The maximum absolute atomic E-state index is 9.50. The number of methoxy groups -OCH3 is 1. The Morgan fingerprint density at radius 1 is 1.50 bits per heavy atom. The fourth-order valence-electron chi connectivity index (χ4n) is 2.56. The highest BCUT2D eigenvalue weighted by Crippen LogP contribution is 2.42. The smallest absolute Gasteiger partial charge is 0.333 e. The van der Waals surface area contributed by atoms with Crippen LogP contribution in [0.3, 0.4) is 0 Å². The van der Waals surface area contributed by atoms with Crippen LogP contribution in [0.15, 0.2) is 34.1 Å². The summed E-state index contributed by atoms with van der Waals surface area (Å²) < 4.78 is 11.7. The lowest BCUT2D eigenvalue weighted by atomic mass is 9.87. The van der Waals surface area contributed by atoms with E-state index in [4.69, 9.17) is 15.2 Å². The van der Waals surface area contributed by atoms with Gasteiger partial charge in [-0.1, -0.05) is 15.9 Å². The molecule has 0 saturated heterocycles. The Balaban J connectivity index is 2.25. The second-order valence-electron chi connectivity index (χ2n) is 4.93. The van der Waals surface area contributed by atoms with Crippen molar-refractivity contribution in [3.05, 3.63) is 51.2 Å². The lowest BCUT2D eigenvalue weighted by Gasteiger charge is -2.21. The van der Waals surface area contributed by atoms with E-state index < -0.39 is 0 Å². The average Bonchev–Trinajstić information content (AvgIpc) is 2.86. The molecule has 0 aliphatic carbocycles. The molecular formula is C15H14BrN4O2+. The van der Waals surface area contributed by atoms with Crippen molar-refractivity contribution in [3.63, 3.8) is 0 Å². The summed E-state index contributed by atoms with van der Waals surface area (Å²) in [6.07, 6.45) is 0. The van der Waals surface area contributed by atoms with E-state index in [-0.39, 0.29) is 11.8 Å². The molecule has 0 amide bonds. The van der Waals surface area contributed by atoms with E-state index in [1.54, 1.807) is 7.11 Å². The average molecular weight is 362 g/mol. The van der Waals surface area contributed by atoms with Gasteiger partial charge in [-0.05, 0) is 23.8 Å². The number of nitrogens with two attached hydrogens (primary N) is 1. The summed E-state index contributed by atoms with van der Waals surface area (Å²) in [4.78, 5) is 6.28. The number of rotatable bonds is 2. The van der Waals surface area contributed by atoms with Gasteiger partial charge < -0.3 is 15.2 Å². The topological polar surface area (TPSA) is 98.2 Å². The molecule has 1 aliphatic rings. The summed E-state index contributed by atoms with van der Waals surface area (Å²) in [5, 5.41) is 9.50. The predicted octanol–water partition coefficient (Wildman–Crippen LogP) is 2.13. The molecule has 4 N–H and O–H groups in total. The van der Waals surface area contributed by atoms with Gasteiger partial charge in [0.25, 0.3) is 5.82 Å². The summed E-state index contributed by atoms with van der Waals surface area (Å²) in [6, 6.07) is 7.76. The largest absolute Gasteiger partial charge is 0.497 e. The van der Waals surface area contributed by atoms with E-state index >= 15 is 0 Å². The van der Waals surface area contributed by atoms with Crippen LogP contribution in [0.25, 0.3) is 0 Å². The first-order valence-electron chi connectivity index (χ1n) is 6.58. The maximum atomic E-state index is 9.50. The molecule has 0 saturated carbocycles. The lowest BCUT2D eigenvalue weighted by molar-refractivity contribution is -0.399. The lowest BCUT2D eigenvalue weighted by Crippen LogP contribution is -2.23. The molecule has 0 fully saturated rings. The number of hydrogen-bond acceptors (Lipinski definition) is 4. The Morgan fingerprint density at radius 2 is 2.27 bits per heavy atom. The van der Waals surface area contributed by atoms with Crippen LogP contribution < -0.4 is 20.2 Å². The van der Waals surface area contributed by atoms with E-state index in [0.29, 0.717) is 17.2 Å². The van der Waals surface area contributed by atoms with E-state index in [1.165, 1.54) is 0 Å². The minimum atomic E-state index is -0.358. The highest BCUT2D eigenvalue weighted by Gasteiger charge is 2.38. The quantitative estimate of drug-likeness (QED) is 0.855. The monoisotopic (exact) mass is 361 g/mol. The summed E-state index contributed by atoms with van der Waals surface area (Å²) >= 11 is 3.54. The second-order valence-corrected chi connectivity index (χ2v) is 5.78. The first kappa shape index (κ1) is 14.5. The van der Waals surface area contributed by atoms with Crippen LogP contribution in [0.4, 0.5) is 0 Å². The van der Waals surface area contributed by atoms with Gasteiger partial charge in [-0.25, -0.2) is 9.97 Å². The van der Waals surface area contributed by atoms with Crippen LogP contribution in [0.2, 0.25) is 0 Å². The molecule has 1 aromatic heterocycles. The van der Waals surface area contributed by atoms with Crippen LogP contribution in [0, 0.1) is 18.3 Å². The van der Waals surface area contributed by atoms with Gasteiger partial charge in [-0.2, -0.15) is 5.26 Å². The molecule has 112 valence electrons. The van der Waals surface area contributed by atoms with Crippen LogP contribution in [-0.4, -0.2) is 12.1 Å². The number of fused-ring (bicyclic) bond motifs is 1. The highest BCUT2D eigenvalue weighted by atomic mass is 79.9. The number of aromatic nitrogens is 2. The molecule has 1 unspecified atom stereocenters. The van der Waals surface area contributed by atoms with Crippen LogP contribution in [0.1, 0.15) is 23.0 Å². The van der Waals surface area contributed by atoms with Gasteiger partial charge in [0.2, 0.25) is 11.6 Å². The first-order valence-corrected chi connectivity index (χ1v) is 7.37. The molecule has 7 heteroatoms. The number of nitriles is 1. The van der Waals surface area contributed by atoms with Crippen molar-refractivity contribution in [1.29, 1.82) is 5.26 Å². The van der Waals surface area contributed by atoms with Crippen molar-refractivity contribution in [2.45, 2.75) is 12.8 Å². The zero-order valence-electron chi connectivity index (χ0n) is 12.0. The summed E-state index contributed by atoms with van der Waals surface area (Å²) in [5.74, 6) is 1.79. The summed E-state index contributed by atoms with van der Waals surface area (Å²) in [7, 11) is 1.60. The number of allylic oxidation sites excluding steroid dienone is 1. The van der Waals surface area contributed by atoms with E-state index in [1.807, 2.05) is 25.1 Å². The molecule has 6 nitrogen and oxygen atoms in total. The van der Waals surface area contributed by atoms with Crippen LogP contribution in [0.5, 0.6) is 11.6 Å². The van der Waals surface area contributed by atoms with Gasteiger partial charge in [0.1, 0.15) is 17.4 Å². The molecule has 0 bridgehead atoms. The van der Waals surface area contributed by atoms with Crippen molar-refractivity contribution in [1.82, 2.24) is 4.98 Å². The van der Waals surface area contributed by atoms with Gasteiger partial charge >= 0.3 is 5.88 Å². The zero-order chi connectivity index (χ0) is 15.9. The minimum absolute atomic E-state index is 0.102. The third-order valence-corrected chi connectivity index (χ3v) is 4.28. The summed E-state index contributed by atoms with van der Waals surface area (Å²) in [5.41, 5.74) is 7.91. The number of aryl methyl sites for hydroxylation is 1. The van der Waals surface area contributed by atoms with Crippen molar-refractivity contribution in [2.24, 2.45) is 5.73 Å². The molecule has 2 heterocycles. The number of nitrogens with zero attached hydrogens (tertiary/aromatic N) is 1. The highest BCUT2D eigenvalue weighted by molar-refractivity contribution is 9.10. The first-order chi connectivity index (χ1) is 10.5. The van der Waals surface area contributed by atoms with E-state index in [2.05, 4.69) is 32.0 Å². The molecular weight excluding hydrogens is 348 g/mol. The number of halogens is 1. The Morgan fingerprint density at radius 3 is 2.95 bits per heavy atom.